The Kier molecular flexibility index (Phi) is 3.38. The van der Waals surface area contributed by atoms with Crippen molar-refractivity contribution < 1.29 is 9.18 Å². The Morgan fingerprint density at radius 1 is 1.53 bits per heavy atom. The van der Waals surface area contributed by atoms with E-state index < -0.39 is 0 Å². The molecule has 1 heterocycles. The third-order valence-electron chi connectivity index (χ3n) is 2.44. The van der Waals surface area contributed by atoms with Gasteiger partial charge in [0.05, 0.1) is 0 Å². The highest BCUT2D eigenvalue weighted by Gasteiger charge is 2.17. The minimum Gasteiger partial charge on any atom is -0.328 e. The lowest BCUT2D eigenvalue weighted by molar-refractivity contribution is 0.102. The first kappa shape index (κ1) is 12.0. The van der Waals surface area contributed by atoms with Crippen molar-refractivity contribution in [2.24, 2.45) is 0 Å². The van der Waals surface area contributed by atoms with Gasteiger partial charge in [-0.15, -0.1) is 0 Å². The maximum atomic E-state index is 12.9. The van der Waals surface area contributed by atoms with Crippen LogP contribution in [-0.2, 0) is 6.54 Å². The van der Waals surface area contributed by atoms with Crippen LogP contribution in [0.25, 0.3) is 0 Å². The number of benzene rings is 1. The van der Waals surface area contributed by atoms with Crippen LogP contribution in [-0.4, -0.2) is 15.3 Å². The molecule has 2 rings (SSSR count). The molecule has 0 radical (unpaired) electrons. The molecule has 0 spiro atoms. The topological polar surface area (TPSA) is 34.9 Å². The number of nitrogens with zero attached hydrogens (tertiary/aromatic N) is 2. The van der Waals surface area contributed by atoms with Gasteiger partial charge >= 0.3 is 0 Å². The molecular weight excluding hydrogens is 287 g/mol. The summed E-state index contributed by atoms with van der Waals surface area (Å²) in [5.74, 6) is -0.240. The number of hydrogen-bond acceptors (Lipinski definition) is 2. The molecule has 0 atom stereocenters. The lowest BCUT2D eigenvalue weighted by atomic mass is 10.1. The fourth-order valence-electron chi connectivity index (χ4n) is 1.57. The van der Waals surface area contributed by atoms with Crippen LogP contribution in [0.4, 0.5) is 4.39 Å². The van der Waals surface area contributed by atoms with Crippen molar-refractivity contribution in [1.82, 2.24) is 9.55 Å². The number of imidazole rings is 1. The SMILES string of the molecule is CCn1ccnc1C(=O)c1ccc(F)cc1Br. The predicted octanol–water partition coefficient (Wildman–Crippen LogP) is 3.04. The maximum Gasteiger partial charge on any atom is 0.229 e. The van der Waals surface area contributed by atoms with Crippen molar-refractivity contribution in [3.8, 4) is 0 Å². The van der Waals surface area contributed by atoms with Crippen LogP contribution < -0.4 is 0 Å². The van der Waals surface area contributed by atoms with Gasteiger partial charge in [0.2, 0.25) is 5.78 Å². The molecule has 1 aromatic heterocycles. The van der Waals surface area contributed by atoms with Crippen LogP contribution >= 0.6 is 15.9 Å². The average molecular weight is 297 g/mol. The van der Waals surface area contributed by atoms with Gasteiger partial charge in [-0.3, -0.25) is 4.79 Å². The number of carbonyl (C=O) groups excluding carboxylic acids is 1. The summed E-state index contributed by atoms with van der Waals surface area (Å²) in [7, 11) is 0. The van der Waals surface area contributed by atoms with E-state index in [4.69, 9.17) is 0 Å². The van der Waals surface area contributed by atoms with Gasteiger partial charge in [-0.05, 0) is 41.1 Å². The molecule has 0 amide bonds. The average Bonchev–Trinajstić information content (AvgIpc) is 2.76. The van der Waals surface area contributed by atoms with Crippen molar-refractivity contribution >= 4 is 21.7 Å². The summed E-state index contributed by atoms with van der Waals surface area (Å²) in [6.07, 6.45) is 3.32. The highest BCUT2D eigenvalue weighted by Crippen LogP contribution is 2.20. The molecular formula is C12H10BrFN2O. The van der Waals surface area contributed by atoms with Gasteiger partial charge in [0.15, 0.2) is 5.82 Å². The number of ketones is 1. The van der Waals surface area contributed by atoms with Gasteiger partial charge in [0, 0.05) is 29.0 Å². The van der Waals surface area contributed by atoms with E-state index in [1.165, 1.54) is 18.2 Å². The van der Waals surface area contributed by atoms with Gasteiger partial charge in [0.25, 0.3) is 0 Å². The zero-order valence-corrected chi connectivity index (χ0v) is 10.7. The van der Waals surface area contributed by atoms with Gasteiger partial charge in [-0.1, -0.05) is 0 Å². The Balaban J connectivity index is 2.44. The monoisotopic (exact) mass is 296 g/mol. The standard InChI is InChI=1S/C12H10BrFN2O/c1-2-16-6-5-15-12(16)11(17)9-4-3-8(14)7-10(9)13/h3-7H,2H2,1H3. The van der Waals surface area contributed by atoms with Crippen molar-refractivity contribution in [3.05, 3.63) is 52.3 Å². The highest BCUT2D eigenvalue weighted by molar-refractivity contribution is 9.10. The number of aryl methyl sites for hydroxylation is 1. The quantitative estimate of drug-likeness (QED) is 0.816. The van der Waals surface area contributed by atoms with Gasteiger partial charge in [-0.2, -0.15) is 0 Å². The zero-order valence-electron chi connectivity index (χ0n) is 9.15. The molecule has 0 aliphatic heterocycles. The third kappa shape index (κ3) is 2.29. The first-order chi connectivity index (χ1) is 8.13. The van der Waals surface area contributed by atoms with E-state index >= 15 is 0 Å². The van der Waals surface area contributed by atoms with Crippen LogP contribution in [0.5, 0.6) is 0 Å². The molecule has 0 aliphatic carbocycles. The molecule has 2 aromatic rings. The normalized spacial score (nSPS) is 10.5. The summed E-state index contributed by atoms with van der Waals surface area (Å²) < 4.78 is 15.1. The number of carbonyl (C=O) groups is 1. The first-order valence-electron chi connectivity index (χ1n) is 5.14. The Morgan fingerprint density at radius 3 is 2.94 bits per heavy atom. The summed E-state index contributed by atoms with van der Waals surface area (Å²) in [6, 6.07) is 3.99. The molecule has 5 heteroatoms. The number of hydrogen-bond donors (Lipinski definition) is 0. The molecule has 0 fully saturated rings. The fraction of sp³-hybridized carbons (Fsp3) is 0.167. The van der Waals surface area contributed by atoms with Crippen LogP contribution in [0.1, 0.15) is 23.1 Å². The number of rotatable bonds is 3. The van der Waals surface area contributed by atoms with Crippen LogP contribution in [0, 0.1) is 5.82 Å². The maximum absolute atomic E-state index is 12.9. The smallest absolute Gasteiger partial charge is 0.229 e. The Labute approximate surface area is 106 Å². The molecule has 0 unspecified atom stereocenters. The molecule has 0 saturated heterocycles. The molecule has 1 aromatic carbocycles. The molecule has 88 valence electrons. The van der Waals surface area contributed by atoms with E-state index in [-0.39, 0.29) is 11.6 Å². The Hall–Kier alpha value is -1.49. The van der Waals surface area contributed by atoms with Crippen LogP contribution in [0.15, 0.2) is 35.1 Å². The third-order valence-corrected chi connectivity index (χ3v) is 3.09. The number of halogens is 2. The van der Waals surface area contributed by atoms with E-state index in [9.17, 15) is 9.18 Å². The molecule has 0 bridgehead atoms. The van der Waals surface area contributed by atoms with Gasteiger partial charge in [0.1, 0.15) is 5.82 Å². The Bertz CT molecular complexity index is 565. The summed E-state index contributed by atoms with van der Waals surface area (Å²) in [6.45, 7) is 2.60. The molecule has 3 nitrogen and oxygen atoms in total. The molecule has 0 aliphatic rings. The minimum atomic E-state index is -0.382. The first-order valence-corrected chi connectivity index (χ1v) is 5.93. The van der Waals surface area contributed by atoms with Crippen molar-refractivity contribution in [3.63, 3.8) is 0 Å². The highest BCUT2D eigenvalue weighted by atomic mass is 79.9. The summed E-state index contributed by atoms with van der Waals surface area (Å²) >= 11 is 3.18. The van der Waals surface area contributed by atoms with E-state index in [0.29, 0.717) is 22.4 Å². The van der Waals surface area contributed by atoms with E-state index in [1.807, 2.05) is 6.92 Å². The van der Waals surface area contributed by atoms with E-state index in [2.05, 4.69) is 20.9 Å². The van der Waals surface area contributed by atoms with E-state index in [1.54, 1.807) is 17.0 Å². The number of aromatic nitrogens is 2. The van der Waals surface area contributed by atoms with Gasteiger partial charge in [-0.25, -0.2) is 9.37 Å². The second-order valence-corrected chi connectivity index (χ2v) is 4.34. The fourth-order valence-corrected chi connectivity index (χ4v) is 2.10. The Morgan fingerprint density at radius 2 is 2.29 bits per heavy atom. The van der Waals surface area contributed by atoms with Gasteiger partial charge < -0.3 is 4.57 Å². The van der Waals surface area contributed by atoms with E-state index in [0.717, 1.165) is 0 Å². The second-order valence-electron chi connectivity index (χ2n) is 3.49. The lowest BCUT2D eigenvalue weighted by Gasteiger charge is -2.05. The van der Waals surface area contributed by atoms with Crippen molar-refractivity contribution in [2.45, 2.75) is 13.5 Å². The zero-order chi connectivity index (χ0) is 12.4. The summed E-state index contributed by atoms with van der Waals surface area (Å²) in [5.41, 5.74) is 0.410. The van der Waals surface area contributed by atoms with Crippen molar-refractivity contribution in [2.75, 3.05) is 0 Å². The molecule has 0 saturated carbocycles. The lowest BCUT2D eigenvalue weighted by Crippen LogP contribution is -2.11. The van der Waals surface area contributed by atoms with Crippen molar-refractivity contribution in [1.29, 1.82) is 0 Å². The molecule has 17 heavy (non-hydrogen) atoms. The van der Waals surface area contributed by atoms with Crippen LogP contribution in [0.2, 0.25) is 0 Å². The largest absolute Gasteiger partial charge is 0.328 e. The summed E-state index contributed by atoms with van der Waals surface area (Å²) in [4.78, 5) is 16.2. The summed E-state index contributed by atoms with van der Waals surface area (Å²) in [5, 5.41) is 0. The second kappa shape index (κ2) is 4.79. The molecule has 0 N–H and O–H groups in total. The minimum absolute atomic E-state index is 0.219. The predicted molar refractivity (Wildman–Crippen MR) is 65.4 cm³/mol. The van der Waals surface area contributed by atoms with Crippen LogP contribution in [0.3, 0.4) is 0 Å².